The molecule has 1 saturated heterocycles. The lowest BCUT2D eigenvalue weighted by atomic mass is 10.1. The second-order valence-corrected chi connectivity index (χ2v) is 4.36. The second-order valence-electron chi connectivity index (χ2n) is 4.36. The average Bonchev–Trinajstić information content (AvgIpc) is 2.71. The van der Waals surface area contributed by atoms with E-state index in [1.54, 1.807) is 0 Å². The Morgan fingerprint density at radius 3 is 2.58 bits per heavy atom. The summed E-state index contributed by atoms with van der Waals surface area (Å²) in [5.41, 5.74) is 11.2. The molecule has 7 nitrogen and oxygen atoms in total. The summed E-state index contributed by atoms with van der Waals surface area (Å²) < 4.78 is 0. The van der Waals surface area contributed by atoms with Crippen LogP contribution >= 0.6 is 0 Å². The van der Waals surface area contributed by atoms with Crippen LogP contribution in [-0.2, 0) is 9.59 Å². The Morgan fingerprint density at radius 1 is 1.37 bits per heavy atom. The molecule has 1 fully saturated rings. The third kappa shape index (κ3) is 2.22. The molecular weight excluding hydrogens is 250 g/mol. The largest absolute Gasteiger partial charge is 0.478 e. The molecule has 2 rings (SSSR count). The van der Waals surface area contributed by atoms with Crippen molar-refractivity contribution in [1.82, 2.24) is 0 Å². The Morgan fingerprint density at radius 2 is 2.05 bits per heavy atom. The maximum absolute atomic E-state index is 11.9. The number of nitrogens with zero attached hydrogens (tertiary/aromatic N) is 1. The van der Waals surface area contributed by atoms with Crippen LogP contribution in [-0.4, -0.2) is 29.4 Å². The number of carbonyl (C=O) groups excluding carboxylic acids is 2. The zero-order valence-corrected chi connectivity index (χ0v) is 10.00. The van der Waals surface area contributed by atoms with Gasteiger partial charge < -0.3 is 21.5 Å². The van der Waals surface area contributed by atoms with Crippen molar-refractivity contribution in [3.05, 3.63) is 23.8 Å². The average molecular weight is 263 g/mol. The molecule has 1 heterocycles. The van der Waals surface area contributed by atoms with Gasteiger partial charge in [0.1, 0.15) is 0 Å². The molecule has 100 valence electrons. The zero-order valence-electron chi connectivity index (χ0n) is 10.00. The van der Waals surface area contributed by atoms with E-state index < -0.39 is 17.8 Å². The molecule has 0 bridgehead atoms. The molecule has 0 aliphatic carbocycles. The molecule has 1 aromatic carbocycles. The number of rotatable bonds is 3. The Bertz CT molecular complexity index is 570. The van der Waals surface area contributed by atoms with E-state index in [0.717, 1.165) is 0 Å². The number of anilines is 2. The zero-order chi connectivity index (χ0) is 14.2. The normalized spacial score (nSPS) is 18.6. The Hall–Kier alpha value is -2.57. The van der Waals surface area contributed by atoms with Gasteiger partial charge in [-0.25, -0.2) is 4.79 Å². The minimum atomic E-state index is -1.18. The van der Waals surface area contributed by atoms with E-state index in [4.69, 9.17) is 16.6 Å². The SMILES string of the molecule is NC(=O)C1CC(=O)N(c2c(N)cccc2C(=O)O)C1. The molecule has 1 aliphatic rings. The predicted octanol–water partition coefficient (Wildman–Crippen LogP) is -0.195. The number of nitrogen functional groups attached to an aromatic ring is 1. The van der Waals surface area contributed by atoms with Crippen molar-refractivity contribution in [3.8, 4) is 0 Å². The van der Waals surface area contributed by atoms with Crippen molar-refractivity contribution in [2.75, 3.05) is 17.2 Å². The van der Waals surface area contributed by atoms with E-state index in [9.17, 15) is 14.4 Å². The fraction of sp³-hybridized carbons (Fsp3) is 0.250. The van der Waals surface area contributed by atoms with Crippen molar-refractivity contribution < 1.29 is 19.5 Å². The summed E-state index contributed by atoms with van der Waals surface area (Å²) in [5, 5.41) is 9.13. The second kappa shape index (κ2) is 4.60. The van der Waals surface area contributed by atoms with Crippen LogP contribution < -0.4 is 16.4 Å². The molecule has 5 N–H and O–H groups in total. The van der Waals surface area contributed by atoms with Crippen LogP contribution in [0.5, 0.6) is 0 Å². The summed E-state index contributed by atoms with van der Waals surface area (Å²) >= 11 is 0. The highest BCUT2D eigenvalue weighted by Crippen LogP contribution is 2.33. The summed E-state index contributed by atoms with van der Waals surface area (Å²) in [6, 6.07) is 4.36. The molecule has 0 aromatic heterocycles. The topological polar surface area (TPSA) is 127 Å². The highest BCUT2D eigenvalue weighted by Gasteiger charge is 2.36. The Balaban J connectivity index is 2.45. The molecule has 0 spiro atoms. The number of nitrogens with two attached hydrogens (primary N) is 2. The lowest BCUT2D eigenvalue weighted by molar-refractivity contribution is -0.123. The number of hydrogen-bond acceptors (Lipinski definition) is 4. The number of carboxylic acid groups (broad SMARTS) is 1. The molecule has 1 atom stereocenters. The fourth-order valence-corrected chi connectivity index (χ4v) is 2.15. The van der Waals surface area contributed by atoms with Gasteiger partial charge in [0.05, 0.1) is 22.9 Å². The van der Waals surface area contributed by atoms with E-state index >= 15 is 0 Å². The van der Waals surface area contributed by atoms with Crippen LogP contribution in [0.2, 0.25) is 0 Å². The van der Waals surface area contributed by atoms with Gasteiger partial charge in [-0.3, -0.25) is 9.59 Å². The van der Waals surface area contributed by atoms with Crippen LogP contribution in [0.1, 0.15) is 16.8 Å². The first kappa shape index (κ1) is 12.9. The summed E-state index contributed by atoms with van der Waals surface area (Å²) in [6.45, 7) is 0.0582. The van der Waals surface area contributed by atoms with E-state index in [1.807, 2.05) is 0 Å². The van der Waals surface area contributed by atoms with Gasteiger partial charge in [0, 0.05) is 13.0 Å². The quantitative estimate of drug-likeness (QED) is 0.651. The van der Waals surface area contributed by atoms with Crippen LogP contribution in [0.15, 0.2) is 18.2 Å². The van der Waals surface area contributed by atoms with Gasteiger partial charge in [-0.1, -0.05) is 6.07 Å². The number of carbonyl (C=O) groups is 3. The van der Waals surface area contributed by atoms with Crippen molar-refractivity contribution in [3.63, 3.8) is 0 Å². The summed E-state index contributed by atoms with van der Waals surface area (Å²) in [4.78, 5) is 35.4. The molecule has 1 aromatic rings. The fourth-order valence-electron chi connectivity index (χ4n) is 2.15. The van der Waals surface area contributed by atoms with Crippen molar-refractivity contribution in [1.29, 1.82) is 0 Å². The number of aromatic carboxylic acids is 1. The highest BCUT2D eigenvalue weighted by molar-refractivity contribution is 6.08. The van der Waals surface area contributed by atoms with Crippen molar-refractivity contribution in [2.45, 2.75) is 6.42 Å². The molecule has 1 unspecified atom stereocenters. The third-order valence-electron chi connectivity index (χ3n) is 3.09. The van der Waals surface area contributed by atoms with Crippen LogP contribution in [0, 0.1) is 5.92 Å². The molecular formula is C12H13N3O4. The van der Waals surface area contributed by atoms with Crippen LogP contribution in [0.3, 0.4) is 0 Å². The molecule has 7 heteroatoms. The number of amides is 2. The predicted molar refractivity (Wildman–Crippen MR) is 67.5 cm³/mol. The standard InChI is InChI=1S/C12H13N3O4/c13-8-3-1-2-7(12(18)19)10(8)15-5-6(11(14)17)4-9(15)16/h1-3,6H,4-5,13H2,(H2,14,17)(H,18,19). The minimum Gasteiger partial charge on any atom is -0.478 e. The number of para-hydroxylation sites is 1. The van der Waals surface area contributed by atoms with E-state index in [2.05, 4.69) is 0 Å². The van der Waals surface area contributed by atoms with Gasteiger partial charge >= 0.3 is 5.97 Å². The lowest BCUT2D eigenvalue weighted by Gasteiger charge is -2.20. The van der Waals surface area contributed by atoms with E-state index in [-0.39, 0.29) is 35.8 Å². The number of hydrogen-bond donors (Lipinski definition) is 3. The van der Waals surface area contributed by atoms with Crippen molar-refractivity contribution >= 4 is 29.2 Å². The van der Waals surface area contributed by atoms with Gasteiger partial charge in [-0.15, -0.1) is 0 Å². The van der Waals surface area contributed by atoms with Gasteiger partial charge in [0.25, 0.3) is 0 Å². The van der Waals surface area contributed by atoms with Gasteiger partial charge in [-0.2, -0.15) is 0 Å². The summed E-state index contributed by atoms with van der Waals surface area (Å²) in [5.74, 6) is -2.74. The van der Waals surface area contributed by atoms with E-state index in [0.29, 0.717) is 0 Å². The van der Waals surface area contributed by atoms with Gasteiger partial charge in [0.15, 0.2) is 0 Å². The molecule has 0 saturated carbocycles. The van der Waals surface area contributed by atoms with Crippen molar-refractivity contribution in [2.24, 2.45) is 11.7 Å². The van der Waals surface area contributed by atoms with Crippen LogP contribution in [0.25, 0.3) is 0 Å². The number of benzene rings is 1. The van der Waals surface area contributed by atoms with E-state index in [1.165, 1.54) is 23.1 Å². The first-order chi connectivity index (χ1) is 8.91. The van der Waals surface area contributed by atoms with Gasteiger partial charge in [0.2, 0.25) is 11.8 Å². The first-order valence-corrected chi connectivity index (χ1v) is 5.63. The number of primary amides is 1. The molecule has 0 radical (unpaired) electrons. The Labute approximate surface area is 108 Å². The minimum absolute atomic E-state index is 0.0251. The monoisotopic (exact) mass is 263 g/mol. The van der Waals surface area contributed by atoms with Crippen LogP contribution in [0.4, 0.5) is 11.4 Å². The third-order valence-corrected chi connectivity index (χ3v) is 3.09. The first-order valence-electron chi connectivity index (χ1n) is 5.63. The highest BCUT2D eigenvalue weighted by atomic mass is 16.4. The molecule has 2 amide bonds. The Kier molecular flexibility index (Phi) is 3.12. The summed E-state index contributed by atoms with van der Waals surface area (Å²) in [7, 11) is 0. The number of carboxylic acids is 1. The summed E-state index contributed by atoms with van der Waals surface area (Å²) in [6.07, 6.45) is -0.0251. The molecule has 19 heavy (non-hydrogen) atoms. The maximum Gasteiger partial charge on any atom is 0.337 e. The lowest BCUT2D eigenvalue weighted by Crippen LogP contribution is -2.30. The maximum atomic E-state index is 11.9. The van der Waals surface area contributed by atoms with Gasteiger partial charge in [-0.05, 0) is 12.1 Å². The molecule has 1 aliphatic heterocycles. The smallest absolute Gasteiger partial charge is 0.337 e.